The van der Waals surface area contributed by atoms with Crippen molar-refractivity contribution in [3.8, 4) is 0 Å². The van der Waals surface area contributed by atoms with Gasteiger partial charge in [0.25, 0.3) is 0 Å². The maximum atomic E-state index is 13.5. The number of likely N-dealkylation sites (tertiary alicyclic amines) is 1. The third-order valence-electron chi connectivity index (χ3n) is 4.86. The minimum absolute atomic E-state index is 0.187. The molecule has 0 radical (unpaired) electrons. The smallest absolute Gasteiger partial charge is 0.128 e. The summed E-state index contributed by atoms with van der Waals surface area (Å²) in [4.78, 5) is 2.27. The van der Waals surface area contributed by atoms with E-state index in [1.807, 2.05) is 17.9 Å². The fourth-order valence-corrected chi connectivity index (χ4v) is 3.47. The van der Waals surface area contributed by atoms with E-state index in [0.717, 1.165) is 25.9 Å². The topological polar surface area (TPSA) is 50.5 Å². The fraction of sp³-hybridized carbons (Fsp3) is 0.526. The monoisotopic (exact) mass is 347 g/mol. The standard InChI is InChI=1S/C19H26FN3O2/c1-22-19(6-9-21-22)15-7-10-23(11-8-15)12-17(24)14-25-13-16-4-2-3-5-18(16)20/h2-6,9,15,17,24H,7-8,10-14H2,1H3. The summed E-state index contributed by atoms with van der Waals surface area (Å²) in [5.74, 6) is 0.271. The molecule has 25 heavy (non-hydrogen) atoms. The second kappa shape index (κ2) is 8.56. The Morgan fingerprint density at radius 1 is 1.28 bits per heavy atom. The number of hydrogen-bond acceptors (Lipinski definition) is 4. The Morgan fingerprint density at radius 2 is 2.04 bits per heavy atom. The van der Waals surface area contributed by atoms with Crippen molar-refractivity contribution >= 4 is 0 Å². The molecule has 0 aliphatic carbocycles. The van der Waals surface area contributed by atoms with Crippen LogP contribution in [0.5, 0.6) is 0 Å². The lowest BCUT2D eigenvalue weighted by molar-refractivity contribution is 0.00539. The molecular weight excluding hydrogens is 321 g/mol. The predicted molar refractivity (Wildman–Crippen MR) is 93.7 cm³/mol. The van der Waals surface area contributed by atoms with Gasteiger partial charge in [0, 0.05) is 37.0 Å². The van der Waals surface area contributed by atoms with Gasteiger partial charge in [0.1, 0.15) is 5.82 Å². The van der Waals surface area contributed by atoms with Crippen LogP contribution in [-0.4, -0.2) is 52.1 Å². The Morgan fingerprint density at radius 3 is 2.72 bits per heavy atom. The zero-order valence-electron chi connectivity index (χ0n) is 14.6. The number of ether oxygens (including phenoxy) is 1. The van der Waals surface area contributed by atoms with E-state index in [1.165, 1.54) is 11.8 Å². The van der Waals surface area contributed by atoms with E-state index in [9.17, 15) is 9.50 Å². The lowest BCUT2D eigenvalue weighted by Crippen LogP contribution is -2.40. The quantitative estimate of drug-likeness (QED) is 0.835. The van der Waals surface area contributed by atoms with Crippen LogP contribution in [0.3, 0.4) is 0 Å². The molecule has 6 heteroatoms. The molecule has 1 unspecified atom stereocenters. The largest absolute Gasteiger partial charge is 0.389 e. The van der Waals surface area contributed by atoms with Gasteiger partial charge in [-0.2, -0.15) is 5.10 Å². The van der Waals surface area contributed by atoms with Crippen LogP contribution in [0.25, 0.3) is 0 Å². The van der Waals surface area contributed by atoms with Crippen LogP contribution >= 0.6 is 0 Å². The number of piperidine rings is 1. The molecule has 0 bridgehead atoms. The molecule has 5 nitrogen and oxygen atoms in total. The number of aromatic nitrogens is 2. The van der Waals surface area contributed by atoms with Gasteiger partial charge in [-0.1, -0.05) is 18.2 Å². The average molecular weight is 347 g/mol. The van der Waals surface area contributed by atoms with Gasteiger partial charge in [0.05, 0.1) is 19.3 Å². The molecule has 1 fully saturated rings. The molecular formula is C19H26FN3O2. The van der Waals surface area contributed by atoms with Gasteiger partial charge in [-0.3, -0.25) is 4.68 Å². The Hall–Kier alpha value is -1.76. The summed E-state index contributed by atoms with van der Waals surface area (Å²) in [6.07, 6.45) is 3.43. The van der Waals surface area contributed by atoms with E-state index < -0.39 is 6.10 Å². The molecule has 1 aliphatic rings. The molecule has 1 N–H and O–H groups in total. The van der Waals surface area contributed by atoms with Gasteiger partial charge in [-0.05, 0) is 38.1 Å². The van der Waals surface area contributed by atoms with Crippen molar-refractivity contribution in [1.82, 2.24) is 14.7 Å². The van der Waals surface area contributed by atoms with Crippen molar-refractivity contribution in [3.05, 3.63) is 53.6 Å². The Kier molecular flexibility index (Phi) is 6.18. The minimum Gasteiger partial charge on any atom is -0.389 e. The fourth-order valence-electron chi connectivity index (χ4n) is 3.47. The third kappa shape index (κ3) is 4.87. The highest BCUT2D eigenvalue weighted by molar-refractivity contribution is 5.16. The third-order valence-corrected chi connectivity index (χ3v) is 4.86. The van der Waals surface area contributed by atoms with E-state index in [0.29, 0.717) is 18.0 Å². The van der Waals surface area contributed by atoms with Crippen molar-refractivity contribution in [1.29, 1.82) is 0 Å². The van der Waals surface area contributed by atoms with Crippen LogP contribution in [0.1, 0.15) is 30.0 Å². The first-order chi connectivity index (χ1) is 12.1. The lowest BCUT2D eigenvalue weighted by atomic mass is 9.93. The molecule has 136 valence electrons. The van der Waals surface area contributed by atoms with Gasteiger partial charge in [0.15, 0.2) is 0 Å². The molecule has 0 amide bonds. The van der Waals surface area contributed by atoms with Gasteiger partial charge < -0.3 is 14.7 Å². The first kappa shape index (κ1) is 18.0. The summed E-state index contributed by atoms with van der Waals surface area (Å²) >= 11 is 0. The number of nitrogens with zero attached hydrogens (tertiary/aromatic N) is 3. The second-order valence-corrected chi connectivity index (χ2v) is 6.71. The van der Waals surface area contributed by atoms with Crippen molar-refractivity contribution in [2.75, 3.05) is 26.2 Å². The minimum atomic E-state index is -0.556. The highest BCUT2D eigenvalue weighted by Crippen LogP contribution is 2.27. The van der Waals surface area contributed by atoms with Crippen molar-refractivity contribution in [2.45, 2.75) is 31.5 Å². The zero-order chi connectivity index (χ0) is 17.6. The molecule has 0 saturated carbocycles. The summed E-state index contributed by atoms with van der Waals surface area (Å²) < 4.78 is 20.9. The number of benzene rings is 1. The maximum absolute atomic E-state index is 13.5. The summed E-state index contributed by atoms with van der Waals surface area (Å²) in [6, 6.07) is 8.64. The van der Waals surface area contributed by atoms with Gasteiger partial charge in [-0.25, -0.2) is 4.39 Å². The van der Waals surface area contributed by atoms with E-state index in [1.54, 1.807) is 18.2 Å². The maximum Gasteiger partial charge on any atom is 0.128 e. The highest BCUT2D eigenvalue weighted by atomic mass is 19.1. The number of rotatable bonds is 7. The van der Waals surface area contributed by atoms with Crippen LogP contribution in [-0.2, 0) is 18.4 Å². The Balaban J connectivity index is 1.37. The zero-order valence-corrected chi connectivity index (χ0v) is 14.6. The van der Waals surface area contributed by atoms with Crippen LogP contribution < -0.4 is 0 Å². The number of β-amino-alcohol motifs (C(OH)–C–C–N with tert-alkyl or cyclic N) is 1. The van der Waals surface area contributed by atoms with E-state index in [4.69, 9.17) is 4.74 Å². The molecule has 1 saturated heterocycles. The molecule has 1 aliphatic heterocycles. The molecule has 2 aromatic rings. The van der Waals surface area contributed by atoms with Crippen LogP contribution in [0.2, 0.25) is 0 Å². The number of hydrogen-bond donors (Lipinski definition) is 1. The number of aliphatic hydroxyl groups is 1. The number of halogens is 1. The van der Waals surface area contributed by atoms with Crippen molar-refractivity contribution in [3.63, 3.8) is 0 Å². The predicted octanol–water partition coefficient (Wildman–Crippen LogP) is 2.32. The number of aryl methyl sites for hydroxylation is 1. The van der Waals surface area contributed by atoms with Crippen LogP contribution in [0.15, 0.2) is 36.5 Å². The molecule has 1 aromatic carbocycles. The van der Waals surface area contributed by atoms with Crippen LogP contribution in [0.4, 0.5) is 4.39 Å². The summed E-state index contributed by atoms with van der Waals surface area (Å²) in [5, 5.41) is 14.4. The first-order valence-electron chi connectivity index (χ1n) is 8.83. The van der Waals surface area contributed by atoms with E-state index in [-0.39, 0.29) is 19.0 Å². The summed E-state index contributed by atoms with van der Waals surface area (Å²) in [5.41, 5.74) is 1.81. The van der Waals surface area contributed by atoms with Crippen LogP contribution in [0, 0.1) is 5.82 Å². The van der Waals surface area contributed by atoms with Crippen molar-refractivity contribution < 1.29 is 14.2 Å². The summed E-state index contributed by atoms with van der Waals surface area (Å²) in [7, 11) is 1.98. The van der Waals surface area contributed by atoms with Crippen molar-refractivity contribution in [2.24, 2.45) is 7.05 Å². The molecule has 2 heterocycles. The Labute approximate surface area is 148 Å². The molecule has 1 atom stereocenters. The molecule has 1 aromatic heterocycles. The number of aliphatic hydroxyl groups excluding tert-OH is 1. The first-order valence-corrected chi connectivity index (χ1v) is 8.83. The SMILES string of the molecule is Cn1nccc1C1CCN(CC(O)COCc2ccccc2F)CC1. The van der Waals surface area contributed by atoms with E-state index in [2.05, 4.69) is 16.1 Å². The lowest BCUT2D eigenvalue weighted by Gasteiger charge is -2.33. The Bertz CT molecular complexity index is 668. The highest BCUT2D eigenvalue weighted by Gasteiger charge is 2.23. The average Bonchev–Trinajstić information content (AvgIpc) is 3.03. The van der Waals surface area contributed by atoms with E-state index >= 15 is 0 Å². The molecule has 3 rings (SSSR count). The summed E-state index contributed by atoms with van der Waals surface area (Å²) in [6.45, 7) is 2.91. The van der Waals surface area contributed by atoms with Gasteiger partial charge >= 0.3 is 0 Å². The van der Waals surface area contributed by atoms with Gasteiger partial charge in [0.2, 0.25) is 0 Å². The van der Waals surface area contributed by atoms with Gasteiger partial charge in [-0.15, -0.1) is 0 Å². The molecule has 0 spiro atoms. The normalized spacial score (nSPS) is 17.7. The second-order valence-electron chi connectivity index (χ2n) is 6.71.